The summed E-state index contributed by atoms with van der Waals surface area (Å²) < 4.78 is 5.33. The Labute approximate surface area is 166 Å². The van der Waals surface area contributed by atoms with Gasteiger partial charge in [-0.25, -0.2) is 0 Å². The highest BCUT2D eigenvalue weighted by molar-refractivity contribution is 7.98. The van der Waals surface area contributed by atoms with Gasteiger partial charge < -0.3 is 9.84 Å². The van der Waals surface area contributed by atoms with Crippen molar-refractivity contribution in [3.8, 4) is 23.0 Å². The molecule has 0 saturated carbocycles. The van der Waals surface area contributed by atoms with E-state index in [1.54, 1.807) is 30.1 Å². The lowest BCUT2D eigenvalue weighted by Gasteiger charge is -2.08. The van der Waals surface area contributed by atoms with Crippen molar-refractivity contribution < 1.29 is 9.32 Å². The molecule has 0 aliphatic heterocycles. The van der Waals surface area contributed by atoms with Gasteiger partial charge in [0.1, 0.15) is 5.69 Å². The van der Waals surface area contributed by atoms with Gasteiger partial charge in [0, 0.05) is 22.3 Å². The second kappa shape index (κ2) is 8.06. The summed E-state index contributed by atoms with van der Waals surface area (Å²) in [4.78, 5) is 22.1. The smallest absolute Gasteiger partial charge is 0.258 e. The van der Waals surface area contributed by atoms with Crippen LogP contribution in [0.4, 0.5) is 5.69 Å². The number of carbonyl (C=O) groups excluding carboxylic acids is 1. The Hall–Kier alpha value is -3.45. The number of thioether (sulfide) groups is 1. The van der Waals surface area contributed by atoms with Crippen molar-refractivity contribution in [2.24, 2.45) is 0 Å². The molecular weight excluding hydrogens is 372 g/mol. The van der Waals surface area contributed by atoms with Gasteiger partial charge in [0.15, 0.2) is 0 Å². The highest BCUT2D eigenvalue weighted by atomic mass is 32.2. The Morgan fingerprint density at radius 1 is 1.00 bits per heavy atom. The molecule has 2 aromatic heterocycles. The van der Waals surface area contributed by atoms with E-state index in [0.717, 1.165) is 10.5 Å². The van der Waals surface area contributed by atoms with Gasteiger partial charge in [0.05, 0.1) is 5.56 Å². The Morgan fingerprint density at radius 2 is 1.79 bits per heavy atom. The Morgan fingerprint density at radius 3 is 2.54 bits per heavy atom. The number of benzene rings is 2. The molecule has 1 amide bonds. The first kappa shape index (κ1) is 17.9. The third-order valence-corrected chi connectivity index (χ3v) is 4.86. The average molecular weight is 388 g/mol. The van der Waals surface area contributed by atoms with E-state index in [1.165, 1.54) is 0 Å². The minimum absolute atomic E-state index is 0.145. The van der Waals surface area contributed by atoms with Crippen LogP contribution in [0.2, 0.25) is 0 Å². The minimum Gasteiger partial charge on any atom is -0.334 e. The zero-order valence-corrected chi connectivity index (χ0v) is 15.8. The molecule has 0 atom stereocenters. The molecule has 0 aliphatic carbocycles. The maximum atomic E-state index is 12.5. The maximum absolute atomic E-state index is 12.5. The number of amides is 1. The predicted molar refractivity (Wildman–Crippen MR) is 109 cm³/mol. The summed E-state index contributed by atoms with van der Waals surface area (Å²) in [5, 5.41) is 6.89. The van der Waals surface area contributed by atoms with Crippen molar-refractivity contribution in [1.29, 1.82) is 0 Å². The van der Waals surface area contributed by atoms with Crippen LogP contribution in [0.3, 0.4) is 0 Å². The van der Waals surface area contributed by atoms with Gasteiger partial charge in [0.25, 0.3) is 11.8 Å². The van der Waals surface area contributed by atoms with Crippen molar-refractivity contribution in [3.63, 3.8) is 0 Å². The third-order valence-electron chi connectivity index (χ3n) is 4.06. The summed E-state index contributed by atoms with van der Waals surface area (Å²) in [5.74, 6) is 0.681. The molecule has 7 heteroatoms. The van der Waals surface area contributed by atoms with Crippen molar-refractivity contribution in [2.75, 3.05) is 11.6 Å². The number of hydrogen-bond donors (Lipinski definition) is 1. The van der Waals surface area contributed by atoms with Crippen LogP contribution in [0.5, 0.6) is 0 Å². The summed E-state index contributed by atoms with van der Waals surface area (Å²) in [6.07, 6.45) is 3.63. The summed E-state index contributed by atoms with van der Waals surface area (Å²) in [6.45, 7) is 0. The Kier molecular flexibility index (Phi) is 5.16. The lowest BCUT2D eigenvalue weighted by atomic mass is 10.2. The fourth-order valence-electron chi connectivity index (χ4n) is 2.67. The van der Waals surface area contributed by atoms with E-state index in [9.17, 15) is 4.79 Å². The van der Waals surface area contributed by atoms with E-state index in [1.807, 2.05) is 60.9 Å². The van der Waals surface area contributed by atoms with Crippen LogP contribution in [-0.4, -0.2) is 27.3 Å². The number of nitrogens with zero attached hydrogens (tertiary/aromatic N) is 3. The summed E-state index contributed by atoms with van der Waals surface area (Å²) >= 11 is 1.54. The summed E-state index contributed by atoms with van der Waals surface area (Å²) in [5.41, 5.74) is 2.75. The van der Waals surface area contributed by atoms with Crippen LogP contribution in [-0.2, 0) is 0 Å². The van der Waals surface area contributed by atoms with Crippen LogP contribution in [0.25, 0.3) is 23.0 Å². The largest absolute Gasteiger partial charge is 0.334 e. The molecule has 2 aromatic carbocycles. The number of pyridine rings is 1. The number of rotatable bonds is 5. The maximum Gasteiger partial charge on any atom is 0.258 e. The molecule has 1 N–H and O–H groups in total. The van der Waals surface area contributed by atoms with Gasteiger partial charge in [0.2, 0.25) is 5.82 Å². The van der Waals surface area contributed by atoms with Crippen molar-refractivity contribution in [2.45, 2.75) is 4.90 Å². The van der Waals surface area contributed by atoms with Gasteiger partial charge in [-0.3, -0.25) is 9.78 Å². The van der Waals surface area contributed by atoms with E-state index in [-0.39, 0.29) is 5.91 Å². The fourth-order valence-corrected chi connectivity index (χ4v) is 3.26. The first-order valence-electron chi connectivity index (χ1n) is 8.54. The molecule has 138 valence electrons. The quantitative estimate of drug-likeness (QED) is 0.496. The Bertz CT molecular complexity index is 1090. The van der Waals surface area contributed by atoms with E-state index in [0.29, 0.717) is 28.7 Å². The zero-order chi connectivity index (χ0) is 19.3. The molecule has 28 heavy (non-hydrogen) atoms. The number of carbonyl (C=O) groups is 1. The van der Waals surface area contributed by atoms with Crippen LogP contribution in [0, 0.1) is 0 Å². The molecule has 0 fully saturated rings. The molecule has 4 aromatic rings. The zero-order valence-electron chi connectivity index (χ0n) is 15.0. The van der Waals surface area contributed by atoms with Crippen LogP contribution in [0.1, 0.15) is 10.4 Å². The van der Waals surface area contributed by atoms with E-state index < -0.39 is 0 Å². The fraction of sp³-hybridized carbons (Fsp3) is 0.0476. The number of aromatic nitrogens is 3. The predicted octanol–water partition coefficient (Wildman–Crippen LogP) is 4.77. The molecule has 2 heterocycles. The lowest BCUT2D eigenvalue weighted by molar-refractivity contribution is 0.102. The number of anilines is 1. The van der Waals surface area contributed by atoms with Crippen LogP contribution < -0.4 is 5.32 Å². The van der Waals surface area contributed by atoms with E-state index in [4.69, 9.17) is 4.52 Å². The van der Waals surface area contributed by atoms with Crippen LogP contribution in [0.15, 0.2) is 82.3 Å². The van der Waals surface area contributed by atoms with Gasteiger partial charge in [-0.2, -0.15) is 4.98 Å². The highest BCUT2D eigenvalue weighted by Gasteiger charge is 2.13. The number of nitrogens with one attached hydrogen (secondary N) is 1. The van der Waals surface area contributed by atoms with Crippen molar-refractivity contribution in [3.05, 3.63) is 78.5 Å². The third kappa shape index (κ3) is 3.79. The molecule has 0 unspecified atom stereocenters. The van der Waals surface area contributed by atoms with Gasteiger partial charge in [-0.15, -0.1) is 11.8 Å². The van der Waals surface area contributed by atoms with E-state index >= 15 is 0 Å². The summed E-state index contributed by atoms with van der Waals surface area (Å²) in [6, 6.07) is 20.3. The molecule has 6 nitrogen and oxygen atoms in total. The van der Waals surface area contributed by atoms with Crippen molar-refractivity contribution >= 4 is 23.4 Å². The van der Waals surface area contributed by atoms with Gasteiger partial charge in [-0.05, 0) is 54.8 Å². The molecule has 0 bridgehead atoms. The lowest BCUT2D eigenvalue weighted by Crippen LogP contribution is -2.12. The highest BCUT2D eigenvalue weighted by Crippen LogP contribution is 2.24. The number of hydrogen-bond acceptors (Lipinski definition) is 6. The average Bonchev–Trinajstić information content (AvgIpc) is 3.25. The van der Waals surface area contributed by atoms with Crippen molar-refractivity contribution in [1.82, 2.24) is 15.1 Å². The van der Waals surface area contributed by atoms with Crippen LogP contribution >= 0.6 is 11.8 Å². The molecule has 0 aliphatic rings. The standard InChI is InChI=1S/C21H16N4O2S/c1-28-18-8-3-2-6-16(18)20(26)23-15-11-9-14(10-12-15)21-24-19(25-27-21)17-7-4-5-13-22-17/h2-13H,1H3,(H,23,26). The molecule has 4 rings (SSSR count). The first-order valence-corrected chi connectivity index (χ1v) is 9.77. The minimum atomic E-state index is -0.145. The molecule has 0 spiro atoms. The second-order valence-electron chi connectivity index (χ2n) is 5.87. The monoisotopic (exact) mass is 388 g/mol. The second-order valence-corrected chi connectivity index (χ2v) is 6.72. The first-order chi connectivity index (χ1) is 13.7. The topological polar surface area (TPSA) is 80.9 Å². The molecule has 0 saturated heterocycles. The normalized spacial score (nSPS) is 10.6. The molecule has 0 radical (unpaired) electrons. The van der Waals surface area contributed by atoms with Gasteiger partial charge in [-0.1, -0.05) is 23.4 Å². The summed E-state index contributed by atoms with van der Waals surface area (Å²) in [7, 11) is 0. The van der Waals surface area contributed by atoms with E-state index in [2.05, 4.69) is 20.4 Å². The van der Waals surface area contributed by atoms with Gasteiger partial charge >= 0.3 is 0 Å². The Balaban J connectivity index is 1.50. The SMILES string of the molecule is CSc1ccccc1C(=O)Nc1ccc(-c2nc(-c3ccccn3)no2)cc1. The molecular formula is C21H16N4O2S.